The standard InChI is InChI=1S/C19H20O2.3C14H18O2.2C12H22O2.C11H20O2.C11H22O2/c1-13(2)18-17(12-21-19(18)20)16-10-6-9-15(11-16)14-7-4-3-5-8-14;1-9(2)12-8-13(16-14(12)15)11-6-4-10(3)5-7-11;1-10(2)13-8-12(9-16-14(13)15)11-6-4-3-5-7-11;1-10(2)12-8-9-13(16-14(12)15)11-6-4-3-5-7-11;1-4-5-6-10-7-11(9(2)3)12(13)14-8-10;1-4-5-6-7-10-8-14-12(13)11(10)9(2)3;1-4-5-9-6-7-10(8(2)3)11(12)13-9;1-6-11(4,5)10(12)13-8-7-9(2)3/h3-11,13,17-18H,12H2,1-2H3;4-7,9,12-13H,8H2,1-3H3;2*3-7,10,12-13H,8-9H2,1-2H3;2*9-11H,4-8H2,1-3H3;8-10H,4-7H2,1-3H3;9H,6-8H2,1-5H3. The van der Waals surface area contributed by atoms with E-state index in [-0.39, 0.29) is 119 Å². The fraction of sp³-hybridized carbons (Fsp3) is 0.645. The smallest absolute Gasteiger partial charge is 0.311 e. The first-order valence-corrected chi connectivity index (χ1v) is 47.2. The van der Waals surface area contributed by atoms with Gasteiger partial charge in [-0.15, -0.1) is 0 Å². The van der Waals surface area contributed by atoms with Gasteiger partial charge in [-0.1, -0.05) is 322 Å². The SMILES string of the molecule is CC(C)C1C(=O)OCC1c1cccc(-c2ccccc2)c1.CC(C)C1CC(c2ccccc2)COC1=O.CC(C)C1CCC(c2ccccc2)OC1=O.CCC(C)(C)C(=O)OCCC(C)C.CCCC1CCC(C(C)C)C(=O)O1.CCCCC1COC(=O)C(C(C)C)C1.CCCCCC1COC(=O)C1C(C)C.Cc1ccc(C2CC(C(C)C)C(=O)O2)cc1. The lowest BCUT2D eigenvalue weighted by molar-refractivity contribution is -0.163. The molecule has 123 heavy (non-hydrogen) atoms. The molecule has 14 atom stereocenters. The van der Waals surface area contributed by atoms with Crippen molar-refractivity contribution in [3.63, 3.8) is 0 Å². The highest BCUT2D eigenvalue weighted by Gasteiger charge is 2.43. The molecule has 0 radical (unpaired) electrons. The summed E-state index contributed by atoms with van der Waals surface area (Å²) in [5.41, 5.74) is 7.99. The third kappa shape index (κ3) is 35.3. The van der Waals surface area contributed by atoms with Gasteiger partial charge in [0.15, 0.2) is 0 Å². The molecule has 7 heterocycles. The number of rotatable bonds is 26. The lowest BCUT2D eigenvalue weighted by Gasteiger charge is -2.30. The summed E-state index contributed by atoms with van der Waals surface area (Å²) in [6, 6.07) is 47.3. The molecule has 7 aliphatic rings. The highest BCUT2D eigenvalue weighted by atomic mass is 16.6. The topological polar surface area (TPSA) is 210 Å². The van der Waals surface area contributed by atoms with Crippen molar-refractivity contribution in [3.05, 3.63) is 167 Å². The molecule has 16 heteroatoms. The molecule has 0 spiro atoms. The molecule has 0 N–H and O–H groups in total. The van der Waals surface area contributed by atoms with Gasteiger partial charge in [-0.2, -0.15) is 0 Å². The molecule has 0 saturated carbocycles. The van der Waals surface area contributed by atoms with Crippen LogP contribution in [0.25, 0.3) is 11.1 Å². The number of hydrogen-bond donors (Lipinski definition) is 0. The second-order valence-corrected chi connectivity index (χ2v) is 38.7. The van der Waals surface area contributed by atoms with Crippen LogP contribution in [-0.4, -0.2) is 86.9 Å². The summed E-state index contributed by atoms with van der Waals surface area (Å²) in [7, 11) is 0. The monoisotopic (exact) mass is 1700 g/mol. The lowest BCUT2D eigenvalue weighted by atomic mass is 9.81. The van der Waals surface area contributed by atoms with Gasteiger partial charge in [-0.25, -0.2) is 0 Å². The number of esters is 8. The molecule has 12 rings (SSSR count). The number of hydrogen-bond acceptors (Lipinski definition) is 16. The molecule has 0 aliphatic carbocycles. The Kier molecular flexibility index (Phi) is 46.9. The van der Waals surface area contributed by atoms with E-state index >= 15 is 0 Å². The van der Waals surface area contributed by atoms with Crippen molar-refractivity contribution in [1.29, 1.82) is 0 Å². The Labute approximate surface area is 742 Å². The molecule has 684 valence electrons. The zero-order valence-corrected chi connectivity index (χ0v) is 79.8. The molecule has 16 nitrogen and oxygen atoms in total. The average Bonchev–Trinajstić information content (AvgIpc) is 1.65. The van der Waals surface area contributed by atoms with Crippen LogP contribution >= 0.6 is 0 Å². The zero-order chi connectivity index (χ0) is 91.0. The van der Waals surface area contributed by atoms with Crippen LogP contribution in [0.3, 0.4) is 0 Å². The minimum atomic E-state index is -0.322. The van der Waals surface area contributed by atoms with Crippen LogP contribution in [0.5, 0.6) is 0 Å². The average molecular weight is 1700 g/mol. The maximum Gasteiger partial charge on any atom is 0.311 e. The first kappa shape index (κ1) is 105. The molecule has 14 unspecified atom stereocenters. The van der Waals surface area contributed by atoms with Crippen LogP contribution in [-0.2, 0) is 76.3 Å². The fourth-order valence-corrected chi connectivity index (χ4v) is 16.8. The molecule has 0 amide bonds. The van der Waals surface area contributed by atoms with Crippen molar-refractivity contribution in [2.75, 3.05) is 33.0 Å². The van der Waals surface area contributed by atoms with E-state index in [4.69, 9.17) is 37.9 Å². The molecular formula is C107H160O16. The van der Waals surface area contributed by atoms with Gasteiger partial charge in [0.25, 0.3) is 0 Å². The summed E-state index contributed by atoms with van der Waals surface area (Å²) in [5.74, 6) is 5.36. The summed E-state index contributed by atoms with van der Waals surface area (Å²) < 4.78 is 42.4. The van der Waals surface area contributed by atoms with Crippen LogP contribution in [0.2, 0.25) is 0 Å². The summed E-state index contributed by atoms with van der Waals surface area (Å²) in [6.45, 7) is 50.9. The summed E-state index contributed by atoms with van der Waals surface area (Å²) in [6.07, 6.45) is 19.4. The van der Waals surface area contributed by atoms with E-state index in [1.54, 1.807) is 0 Å². The van der Waals surface area contributed by atoms with E-state index in [0.29, 0.717) is 98.1 Å². The van der Waals surface area contributed by atoms with Gasteiger partial charge in [0, 0.05) is 24.2 Å². The van der Waals surface area contributed by atoms with E-state index in [1.807, 2.05) is 87.5 Å². The highest BCUT2D eigenvalue weighted by molar-refractivity contribution is 5.79. The zero-order valence-electron chi connectivity index (χ0n) is 79.8. The second-order valence-electron chi connectivity index (χ2n) is 38.7. The van der Waals surface area contributed by atoms with Gasteiger partial charge in [-0.05, 0) is 178 Å². The normalized spacial score (nSPS) is 24.1. The van der Waals surface area contributed by atoms with Crippen molar-refractivity contribution < 1.29 is 76.3 Å². The highest BCUT2D eigenvalue weighted by Crippen LogP contribution is 2.42. The molecule has 7 saturated heterocycles. The van der Waals surface area contributed by atoms with Crippen LogP contribution in [0.4, 0.5) is 0 Å². The molecule has 7 aliphatic heterocycles. The molecule has 5 aromatic carbocycles. The first-order chi connectivity index (χ1) is 58.5. The number of unbranched alkanes of at least 4 members (excludes halogenated alkanes) is 3. The van der Waals surface area contributed by atoms with Crippen LogP contribution in [0.1, 0.15) is 320 Å². The summed E-state index contributed by atoms with van der Waals surface area (Å²) in [4.78, 5) is 92.8. The third-order valence-corrected chi connectivity index (χ3v) is 25.6. The molecule has 0 bridgehead atoms. The Bertz CT molecular complexity index is 3880. The van der Waals surface area contributed by atoms with E-state index in [0.717, 1.165) is 88.2 Å². The van der Waals surface area contributed by atoms with Crippen molar-refractivity contribution in [1.82, 2.24) is 0 Å². The van der Waals surface area contributed by atoms with Gasteiger partial charge in [0.1, 0.15) is 18.3 Å². The number of benzene rings is 5. The van der Waals surface area contributed by atoms with Gasteiger partial charge in [-0.3, -0.25) is 38.4 Å². The Morgan fingerprint density at radius 3 is 1.39 bits per heavy atom. The van der Waals surface area contributed by atoms with Crippen molar-refractivity contribution in [2.24, 2.45) is 106 Å². The Morgan fingerprint density at radius 2 is 0.870 bits per heavy atom. The van der Waals surface area contributed by atoms with Gasteiger partial charge < -0.3 is 37.9 Å². The third-order valence-electron chi connectivity index (χ3n) is 25.6. The van der Waals surface area contributed by atoms with Crippen molar-refractivity contribution in [3.8, 4) is 11.1 Å². The minimum Gasteiger partial charge on any atom is -0.465 e. The number of cyclic esters (lactones) is 7. The van der Waals surface area contributed by atoms with Crippen molar-refractivity contribution >= 4 is 47.8 Å². The fourth-order valence-electron chi connectivity index (χ4n) is 16.8. The van der Waals surface area contributed by atoms with Gasteiger partial charge >= 0.3 is 47.8 Å². The maximum absolute atomic E-state index is 11.9. The second kappa shape index (κ2) is 54.7. The van der Waals surface area contributed by atoms with Gasteiger partial charge in [0.05, 0.1) is 79.9 Å². The Balaban J connectivity index is 0.000000251. The van der Waals surface area contributed by atoms with Crippen LogP contribution in [0, 0.1) is 113 Å². The number of carbonyl (C=O) groups is 8. The predicted molar refractivity (Wildman–Crippen MR) is 493 cm³/mol. The summed E-state index contributed by atoms with van der Waals surface area (Å²) >= 11 is 0. The first-order valence-electron chi connectivity index (χ1n) is 47.2. The predicted octanol–water partition coefficient (Wildman–Crippen LogP) is 25.6. The van der Waals surface area contributed by atoms with Crippen LogP contribution < -0.4 is 0 Å². The molecule has 0 aromatic heterocycles. The van der Waals surface area contributed by atoms with Crippen molar-refractivity contribution in [2.45, 2.75) is 305 Å². The Hall–Kier alpha value is -8.14. The minimum absolute atomic E-state index is 0.0211. The molecule has 7 fully saturated rings. The van der Waals surface area contributed by atoms with Gasteiger partial charge in [0.2, 0.25) is 0 Å². The number of ether oxygens (including phenoxy) is 8. The molecular weight excluding hydrogens is 1540 g/mol. The number of aryl methyl sites for hydroxylation is 1. The number of carbonyl (C=O) groups excluding carboxylic acids is 8. The lowest BCUT2D eigenvalue weighted by Crippen LogP contribution is -2.33. The molecule has 5 aromatic rings. The maximum atomic E-state index is 11.9. The van der Waals surface area contributed by atoms with E-state index in [2.05, 4.69) is 211 Å². The summed E-state index contributed by atoms with van der Waals surface area (Å²) in [5, 5.41) is 0. The quantitative estimate of drug-likeness (QED) is 0.0286. The van der Waals surface area contributed by atoms with Crippen LogP contribution in [0.15, 0.2) is 140 Å². The van der Waals surface area contributed by atoms with E-state index in [1.165, 1.54) is 66.3 Å². The van der Waals surface area contributed by atoms with E-state index in [9.17, 15) is 38.4 Å². The largest absolute Gasteiger partial charge is 0.465 e. The van der Waals surface area contributed by atoms with E-state index < -0.39 is 0 Å². The Morgan fingerprint density at radius 1 is 0.398 bits per heavy atom.